The lowest BCUT2D eigenvalue weighted by Crippen LogP contribution is -2.39. The van der Waals surface area contributed by atoms with E-state index < -0.39 is 0 Å². The summed E-state index contributed by atoms with van der Waals surface area (Å²) in [5, 5.41) is 2.80. The Hall–Kier alpha value is -1.36. The highest BCUT2D eigenvalue weighted by Crippen LogP contribution is 2.17. The molecule has 0 saturated heterocycles. The Bertz CT molecular complexity index is 501. The fourth-order valence-electron chi connectivity index (χ4n) is 1.66. The second-order valence-electron chi connectivity index (χ2n) is 5.32. The predicted octanol–water partition coefficient (Wildman–Crippen LogP) is 2.60. The molecule has 0 bridgehead atoms. The number of carbonyl (C=O) groups is 2. The van der Waals surface area contributed by atoms with Gasteiger partial charge in [0.25, 0.3) is 5.91 Å². The minimum absolute atomic E-state index is 0.0701. The Morgan fingerprint density at radius 1 is 1.35 bits per heavy atom. The van der Waals surface area contributed by atoms with Crippen molar-refractivity contribution in [2.45, 2.75) is 20.8 Å². The molecule has 0 saturated carbocycles. The van der Waals surface area contributed by atoms with Crippen LogP contribution in [0.5, 0.6) is 0 Å². The summed E-state index contributed by atoms with van der Waals surface area (Å²) in [7, 11) is 1.63. The average molecular weight is 341 g/mol. The topological polar surface area (TPSA) is 49.4 Å². The molecule has 1 N–H and O–H groups in total. The molecule has 1 aromatic rings. The van der Waals surface area contributed by atoms with Gasteiger partial charge in [0.2, 0.25) is 5.91 Å². The Labute approximate surface area is 128 Å². The lowest BCUT2D eigenvalue weighted by atomic mass is 10.1. The largest absolute Gasteiger partial charge is 0.354 e. The molecule has 0 aliphatic heterocycles. The van der Waals surface area contributed by atoms with E-state index in [1.54, 1.807) is 13.1 Å². The molecule has 4 nitrogen and oxygen atoms in total. The van der Waals surface area contributed by atoms with Crippen LogP contribution in [0.15, 0.2) is 22.7 Å². The van der Waals surface area contributed by atoms with Crippen molar-refractivity contribution in [2.24, 2.45) is 5.92 Å². The van der Waals surface area contributed by atoms with Gasteiger partial charge in [0, 0.05) is 23.6 Å². The zero-order valence-corrected chi connectivity index (χ0v) is 14.0. The quantitative estimate of drug-likeness (QED) is 0.895. The fraction of sp³-hybridized carbons (Fsp3) is 0.467. The van der Waals surface area contributed by atoms with Crippen molar-refractivity contribution < 1.29 is 9.59 Å². The van der Waals surface area contributed by atoms with Gasteiger partial charge in [0.1, 0.15) is 0 Å². The number of nitrogens with one attached hydrogen (secondary N) is 1. The summed E-state index contributed by atoms with van der Waals surface area (Å²) in [6.07, 6.45) is 0. The minimum Gasteiger partial charge on any atom is -0.354 e. The van der Waals surface area contributed by atoms with Gasteiger partial charge < -0.3 is 10.2 Å². The van der Waals surface area contributed by atoms with Crippen LogP contribution in [-0.4, -0.2) is 36.9 Å². The third kappa shape index (κ3) is 4.96. The van der Waals surface area contributed by atoms with Crippen LogP contribution in [-0.2, 0) is 4.79 Å². The van der Waals surface area contributed by atoms with Gasteiger partial charge >= 0.3 is 0 Å². The van der Waals surface area contributed by atoms with Gasteiger partial charge in [-0.05, 0) is 36.6 Å². The first kappa shape index (κ1) is 16.7. The van der Waals surface area contributed by atoms with E-state index in [1.807, 2.05) is 32.9 Å². The van der Waals surface area contributed by atoms with Gasteiger partial charge in [-0.1, -0.05) is 29.8 Å². The zero-order valence-electron chi connectivity index (χ0n) is 12.4. The molecule has 0 unspecified atom stereocenters. The second kappa shape index (κ2) is 7.43. The van der Waals surface area contributed by atoms with Crippen molar-refractivity contribution in [1.29, 1.82) is 0 Å². The van der Waals surface area contributed by atoms with Gasteiger partial charge in [-0.15, -0.1) is 0 Å². The van der Waals surface area contributed by atoms with Crippen LogP contribution in [0.4, 0.5) is 0 Å². The molecule has 0 aliphatic rings. The van der Waals surface area contributed by atoms with Crippen molar-refractivity contribution in [1.82, 2.24) is 10.2 Å². The molecule has 0 atom stereocenters. The monoisotopic (exact) mass is 340 g/mol. The van der Waals surface area contributed by atoms with E-state index in [0.717, 1.165) is 10.0 Å². The molecule has 0 fully saturated rings. The first-order valence-corrected chi connectivity index (χ1v) is 7.39. The number of carbonyl (C=O) groups excluding carboxylic acids is 2. The number of aryl methyl sites for hydroxylation is 1. The third-order valence-corrected chi connectivity index (χ3v) is 3.73. The molecule has 20 heavy (non-hydrogen) atoms. The molecular weight excluding hydrogens is 320 g/mol. The Balaban J connectivity index is 2.62. The van der Waals surface area contributed by atoms with Gasteiger partial charge in [-0.2, -0.15) is 0 Å². The van der Waals surface area contributed by atoms with E-state index in [4.69, 9.17) is 0 Å². The highest BCUT2D eigenvalue weighted by molar-refractivity contribution is 9.10. The summed E-state index contributed by atoms with van der Waals surface area (Å²) in [4.78, 5) is 25.3. The van der Waals surface area contributed by atoms with Crippen molar-refractivity contribution in [2.75, 3.05) is 20.1 Å². The highest BCUT2D eigenvalue weighted by atomic mass is 79.9. The van der Waals surface area contributed by atoms with Crippen LogP contribution >= 0.6 is 15.9 Å². The molecule has 1 aromatic carbocycles. The van der Waals surface area contributed by atoms with Gasteiger partial charge in [0.15, 0.2) is 0 Å². The fourth-order valence-corrected chi connectivity index (χ4v) is 1.91. The lowest BCUT2D eigenvalue weighted by Gasteiger charge is -2.17. The number of likely N-dealkylation sites (N-methyl/N-ethyl adjacent to an activating group) is 1. The maximum absolute atomic E-state index is 12.2. The van der Waals surface area contributed by atoms with Crippen LogP contribution in [0.25, 0.3) is 0 Å². The summed E-state index contributed by atoms with van der Waals surface area (Å²) in [6, 6.07) is 5.41. The molecule has 5 heteroatoms. The van der Waals surface area contributed by atoms with Crippen molar-refractivity contribution >= 4 is 27.7 Å². The number of amides is 2. The molecule has 0 aliphatic carbocycles. The smallest absolute Gasteiger partial charge is 0.254 e. The standard InChI is InChI=1S/C15H21BrN2O2/c1-10(2)8-17-14(19)9-18(4)15(20)12-5-6-13(16)11(3)7-12/h5-7,10H,8-9H2,1-4H3,(H,17,19). The average Bonchev–Trinajstić information content (AvgIpc) is 2.38. The number of rotatable bonds is 5. The molecular formula is C15H21BrN2O2. The van der Waals surface area contributed by atoms with E-state index in [9.17, 15) is 9.59 Å². The normalized spacial score (nSPS) is 10.5. The molecule has 1 rings (SSSR count). The first-order valence-electron chi connectivity index (χ1n) is 6.59. The molecule has 2 amide bonds. The molecule has 0 spiro atoms. The molecule has 0 radical (unpaired) electrons. The summed E-state index contributed by atoms with van der Waals surface area (Å²) in [6.45, 7) is 6.68. The van der Waals surface area contributed by atoms with Crippen LogP contribution in [0.2, 0.25) is 0 Å². The number of halogens is 1. The number of hydrogen-bond acceptors (Lipinski definition) is 2. The van der Waals surface area contributed by atoms with Crippen molar-refractivity contribution in [3.8, 4) is 0 Å². The van der Waals surface area contributed by atoms with Gasteiger partial charge in [0.05, 0.1) is 6.54 Å². The highest BCUT2D eigenvalue weighted by Gasteiger charge is 2.15. The maximum atomic E-state index is 12.2. The third-order valence-electron chi connectivity index (χ3n) is 2.84. The van der Waals surface area contributed by atoms with E-state index in [2.05, 4.69) is 21.2 Å². The Morgan fingerprint density at radius 2 is 2.00 bits per heavy atom. The lowest BCUT2D eigenvalue weighted by molar-refractivity contribution is -0.121. The minimum atomic E-state index is -0.153. The number of nitrogens with zero attached hydrogens (tertiary/aromatic N) is 1. The van der Waals surface area contributed by atoms with Crippen LogP contribution in [0.3, 0.4) is 0 Å². The molecule has 0 heterocycles. The molecule has 110 valence electrons. The van der Waals surface area contributed by atoms with Crippen molar-refractivity contribution in [3.05, 3.63) is 33.8 Å². The summed E-state index contributed by atoms with van der Waals surface area (Å²) in [5.74, 6) is 0.109. The van der Waals surface area contributed by atoms with E-state index in [-0.39, 0.29) is 18.4 Å². The van der Waals surface area contributed by atoms with E-state index in [0.29, 0.717) is 18.0 Å². The van der Waals surface area contributed by atoms with Crippen LogP contribution in [0, 0.1) is 12.8 Å². The zero-order chi connectivity index (χ0) is 15.3. The Morgan fingerprint density at radius 3 is 2.55 bits per heavy atom. The molecule has 0 aromatic heterocycles. The van der Waals surface area contributed by atoms with Crippen LogP contribution < -0.4 is 5.32 Å². The predicted molar refractivity (Wildman–Crippen MR) is 83.7 cm³/mol. The number of benzene rings is 1. The summed E-state index contributed by atoms with van der Waals surface area (Å²) in [5.41, 5.74) is 1.58. The second-order valence-corrected chi connectivity index (χ2v) is 6.18. The van der Waals surface area contributed by atoms with Crippen molar-refractivity contribution in [3.63, 3.8) is 0 Å². The van der Waals surface area contributed by atoms with Crippen LogP contribution in [0.1, 0.15) is 29.8 Å². The first-order chi connectivity index (χ1) is 9.31. The van der Waals surface area contributed by atoms with Gasteiger partial charge in [-0.25, -0.2) is 0 Å². The SMILES string of the molecule is Cc1cc(C(=O)N(C)CC(=O)NCC(C)C)ccc1Br. The summed E-state index contributed by atoms with van der Waals surface area (Å²) < 4.78 is 0.964. The van der Waals surface area contributed by atoms with E-state index in [1.165, 1.54) is 4.90 Å². The van der Waals surface area contributed by atoms with E-state index >= 15 is 0 Å². The Kier molecular flexibility index (Phi) is 6.20. The maximum Gasteiger partial charge on any atom is 0.254 e. The number of hydrogen-bond donors (Lipinski definition) is 1. The van der Waals surface area contributed by atoms with Gasteiger partial charge in [-0.3, -0.25) is 9.59 Å². The summed E-state index contributed by atoms with van der Waals surface area (Å²) >= 11 is 3.40.